The number of nitrogens with zero attached hydrogens (tertiary/aromatic N) is 1. The van der Waals surface area contributed by atoms with Gasteiger partial charge in [-0.3, -0.25) is 0 Å². The zero-order valence-corrected chi connectivity index (χ0v) is 9.32. The van der Waals surface area contributed by atoms with Crippen LogP contribution in [0.1, 0.15) is 15.9 Å². The number of hydrogen-bond acceptors (Lipinski definition) is 5. The van der Waals surface area contributed by atoms with Crippen LogP contribution in [-0.2, 0) is 20.3 Å². The number of benzene rings is 1. The molecule has 0 radical (unpaired) electrons. The van der Waals surface area contributed by atoms with Crippen molar-refractivity contribution in [3.63, 3.8) is 0 Å². The molecule has 0 aliphatic rings. The number of thiocyanates is 1. The van der Waals surface area contributed by atoms with Crippen LogP contribution in [0.2, 0.25) is 0 Å². The van der Waals surface area contributed by atoms with Crippen molar-refractivity contribution in [3.8, 4) is 5.40 Å². The Labute approximate surface area is 93.2 Å². The van der Waals surface area contributed by atoms with Gasteiger partial charge in [0.2, 0.25) is 9.84 Å². The van der Waals surface area contributed by atoms with Crippen LogP contribution in [0.5, 0.6) is 0 Å². The highest BCUT2D eigenvalue weighted by Crippen LogP contribution is 2.13. The van der Waals surface area contributed by atoms with Gasteiger partial charge in [0.25, 0.3) is 0 Å². The molecule has 16 heavy (non-hydrogen) atoms. The summed E-state index contributed by atoms with van der Waals surface area (Å²) in [6.07, 6.45) is 0. The Hall–Kier alpha value is -1.87. The number of hydrogen-bond donors (Lipinski definition) is 0. The topological polar surface area (TPSA) is 84.2 Å². The second kappa shape index (κ2) is 4.77. The van der Waals surface area contributed by atoms with E-state index in [9.17, 15) is 13.2 Å². The summed E-state index contributed by atoms with van der Waals surface area (Å²) in [5.41, 5.74) is 0.416. The number of ether oxygens (including phenoxy) is 1. The summed E-state index contributed by atoms with van der Waals surface area (Å²) in [5.74, 6) is -1.11. The Morgan fingerprint density at radius 3 is 2.62 bits per heavy atom. The highest BCUT2D eigenvalue weighted by atomic mass is 32.2. The van der Waals surface area contributed by atoms with Crippen molar-refractivity contribution in [3.05, 3.63) is 35.4 Å². The van der Waals surface area contributed by atoms with E-state index in [2.05, 4.69) is 4.74 Å². The van der Waals surface area contributed by atoms with Crippen LogP contribution in [0.3, 0.4) is 0 Å². The summed E-state index contributed by atoms with van der Waals surface area (Å²) in [6, 6.07) is 6.11. The fraction of sp³-hybridized carbons (Fsp3) is 0.200. The minimum Gasteiger partial charge on any atom is -0.465 e. The normalized spacial score (nSPS) is 10.5. The van der Waals surface area contributed by atoms with Gasteiger partial charge in [0.15, 0.2) is 5.40 Å². The van der Waals surface area contributed by atoms with Crippen LogP contribution in [0, 0.1) is 10.7 Å². The molecule has 0 N–H and O–H groups in total. The van der Waals surface area contributed by atoms with Gasteiger partial charge >= 0.3 is 5.97 Å². The molecule has 0 atom stereocenters. The molecule has 1 rings (SSSR count). The van der Waals surface area contributed by atoms with E-state index in [0.717, 1.165) is 0 Å². The lowest BCUT2D eigenvalue weighted by Gasteiger charge is -2.05. The SMILES string of the molecule is COC(=O)c1ccccc1CS(=O)(=O)C#N. The van der Waals surface area contributed by atoms with E-state index in [4.69, 9.17) is 5.26 Å². The average Bonchev–Trinajstić information content (AvgIpc) is 2.28. The van der Waals surface area contributed by atoms with Crippen LogP contribution in [0.15, 0.2) is 24.3 Å². The van der Waals surface area contributed by atoms with E-state index < -0.39 is 21.6 Å². The molecule has 1 aromatic carbocycles. The monoisotopic (exact) mass is 239 g/mol. The summed E-state index contributed by atoms with van der Waals surface area (Å²) in [5, 5.41) is 9.58. The van der Waals surface area contributed by atoms with E-state index in [1.807, 2.05) is 0 Å². The Kier molecular flexibility index (Phi) is 3.64. The number of carbonyl (C=O) groups is 1. The van der Waals surface area contributed by atoms with Gasteiger partial charge in [-0.1, -0.05) is 18.2 Å². The van der Waals surface area contributed by atoms with Crippen molar-refractivity contribution in [2.45, 2.75) is 5.75 Å². The molecule has 0 aliphatic carbocycles. The highest BCUT2D eigenvalue weighted by molar-refractivity contribution is 7.95. The van der Waals surface area contributed by atoms with Gasteiger partial charge in [-0.25, -0.2) is 13.2 Å². The van der Waals surface area contributed by atoms with Gasteiger partial charge in [-0.05, 0) is 11.6 Å². The molecule has 0 aromatic heterocycles. The minimum atomic E-state index is -3.84. The molecule has 6 heteroatoms. The zero-order chi connectivity index (χ0) is 12.2. The number of nitriles is 1. The molecular weight excluding hydrogens is 230 g/mol. The second-order valence-electron chi connectivity index (χ2n) is 3.00. The first-order valence-corrected chi connectivity index (χ1v) is 5.95. The lowest BCUT2D eigenvalue weighted by molar-refractivity contribution is 0.0600. The van der Waals surface area contributed by atoms with Gasteiger partial charge in [0.05, 0.1) is 18.4 Å². The van der Waals surface area contributed by atoms with Crippen LogP contribution in [0.4, 0.5) is 0 Å². The minimum absolute atomic E-state index is 0.156. The molecule has 0 unspecified atom stereocenters. The van der Waals surface area contributed by atoms with Gasteiger partial charge in [-0.15, -0.1) is 0 Å². The number of sulfone groups is 1. The second-order valence-corrected chi connectivity index (χ2v) is 4.70. The summed E-state index contributed by atoms with van der Waals surface area (Å²) < 4.78 is 26.7. The zero-order valence-electron chi connectivity index (χ0n) is 8.50. The third-order valence-corrected chi connectivity index (χ3v) is 2.88. The Morgan fingerprint density at radius 1 is 1.44 bits per heavy atom. The lowest BCUT2D eigenvalue weighted by Crippen LogP contribution is -2.09. The smallest absolute Gasteiger partial charge is 0.338 e. The predicted molar refractivity (Wildman–Crippen MR) is 56.0 cm³/mol. The third kappa shape index (κ3) is 2.81. The van der Waals surface area contributed by atoms with Crippen LogP contribution in [-0.4, -0.2) is 21.5 Å². The molecule has 0 saturated carbocycles. The number of methoxy groups -OCH3 is 1. The molecule has 0 amide bonds. The van der Waals surface area contributed by atoms with Crippen molar-refractivity contribution < 1.29 is 17.9 Å². The van der Waals surface area contributed by atoms with Crippen molar-refractivity contribution in [2.24, 2.45) is 0 Å². The van der Waals surface area contributed by atoms with E-state index >= 15 is 0 Å². The van der Waals surface area contributed by atoms with Gasteiger partial charge < -0.3 is 4.74 Å². The number of rotatable bonds is 3. The van der Waals surface area contributed by atoms with Crippen LogP contribution < -0.4 is 0 Å². The first-order valence-electron chi connectivity index (χ1n) is 4.30. The first-order chi connectivity index (χ1) is 7.50. The summed E-state index contributed by atoms with van der Waals surface area (Å²) >= 11 is 0. The molecule has 0 spiro atoms. The Bertz CT molecular complexity index is 542. The maximum Gasteiger partial charge on any atom is 0.338 e. The van der Waals surface area contributed by atoms with Gasteiger partial charge in [-0.2, -0.15) is 5.26 Å². The molecule has 0 aliphatic heterocycles. The molecule has 84 valence electrons. The van der Waals surface area contributed by atoms with Gasteiger partial charge in [0, 0.05) is 0 Å². The quantitative estimate of drug-likeness (QED) is 0.444. The first kappa shape index (κ1) is 12.2. The molecule has 1 aromatic rings. The van der Waals surface area contributed by atoms with E-state index in [1.165, 1.54) is 24.6 Å². The van der Waals surface area contributed by atoms with Crippen molar-refractivity contribution in [2.75, 3.05) is 7.11 Å². The lowest BCUT2D eigenvalue weighted by atomic mass is 10.1. The van der Waals surface area contributed by atoms with Crippen molar-refractivity contribution >= 4 is 15.8 Å². The van der Waals surface area contributed by atoms with Crippen LogP contribution in [0.25, 0.3) is 0 Å². The summed E-state index contributed by atoms with van der Waals surface area (Å²) in [7, 11) is -2.63. The van der Waals surface area contributed by atoms with Crippen LogP contribution >= 0.6 is 0 Å². The molecule has 0 bridgehead atoms. The molecular formula is C10H9NO4S. The molecule has 0 fully saturated rings. The fourth-order valence-corrected chi connectivity index (χ4v) is 1.92. The molecule has 5 nitrogen and oxygen atoms in total. The van der Waals surface area contributed by atoms with E-state index in [0.29, 0.717) is 0 Å². The largest absolute Gasteiger partial charge is 0.465 e. The Morgan fingerprint density at radius 2 is 2.06 bits per heavy atom. The predicted octanol–water partition coefficient (Wildman–Crippen LogP) is 0.869. The number of esters is 1. The third-order valence-electron chi connectivity index (χ3n) is 1.91. The molecule has 0 saturated heterocycles. The number of carbonyl (C=O) groups excluding carboxylic acids is 1. The van der Waals surface area contributed by atoms with E-state index in [1.54, 1.807) is 12.1 Å². The standard InChI is InChI=1S/C10H9NO4S/c1-15-10(12)9-5-3-2-4-8(9)6-16(13,14)7-11/h2-5H,6H2,1H3. The van der Waals surface area contributed by atoms with Crippen molar-refractivity contribution in [1.29, 1.82) is 5.26 Å². The summed E-state index contributed by atoms with van der Waals surface area (Å²) in [4.78, 5) is 11.3. The molecule has 0 heterocycles. The van der Waals surface area contributed by atoms with E-state index in [-0.39, 0.29) is 11.1 Å². The van der Waals surface area contributed by atoms with Crippen molar-refractivity contribution in [1.82, 2.24) is 0 Å². The average molecular weight is 239 g/mol. The Balaban J connectivity index is 3.16. The maximum atomic E-state index is 11.3. The highest BCUT2D eigenvalue weighted by Gasteiger charge is 2.17. The maximum absolute atomic E-state index is 11.3. The fourth-order valence-electron chi connectivity index (χ4n) is 1.19. The van der Waals surface area contributed by atoms with Gasteiger partial charge in [0.1, 0.15) is 0 Å². The summed E-state index contributed by atoms with van der Waals surface area (Å²) in [6.45, 7) is 0.